The Morgan fingerprint density at radius 3 is 2.50 bits per heavy atom. The fraction of sp³-hybridized carbons (Fsp3) is 0.364. The van der Waals surface area contributed by atoms with Crippen molar-refractivity contribution in [2.45, 2.75) is 6.92 Å². The lowest BCUT2D eigenvalue weighted by molar-refractivity contribution is -0.136. The Morgan fingerprint density at radius 1 is 1.03 bits per heavy atom. The standard InChI is InChI=1S/C22H27ClN4O3/c1-16-17(23)6-5-7-18(16)25-22(29)21(28)24-10-11-26-12-14-27(15-13-26)19-8-3-4-9-20(19)30-2/h3-9H,10-15H2,1-2H3,(H,24,28)(H,25,29). The second kappa shape index (κ2) is 10.3. The maximum Gasteiger partial charge on any atom is 0.313 e. The highest BCUT2D eigenvalue weighted by molar-refractivity contribution is 6.40. The van der Waals surface area contributed by atoms with Crippen molar-refractivity contribution in [3.63, 3.8) is 0 Å². The van der Waals surface area contributed by atoms with Crippen LogP contribution >= 0.6 is 11.6 Å². The molecule has 0 atom stereocenters. The molecule has 0 unspecified atom stereocenters. The highest BCUT2D eigenvalue weighted by atomic mass is 35.5. The van der Waals surface area contributed by atoms with Crippen LogP contribution in [0.1, 0.15) is 5.56 Å². The molecule has 1 heterocycles. The van der Waals surface area contributed by atoms with Gasteiger partial charge in [0.15, 0.2) is 0 Å². The molecule has 1 aliphatic rings. The molecular weight excluding hydrogens is 404 g/mol. The Labute approximate surface area is 181 Å². The fourth-order valence-corrected chi connectivity index (χ4v) is 3.61. The van der Waals surface area contributed by atoms with Gasteiger partial charge in [-0.3, -0.25) is 14.5 Å². The normalized spacial score (nSPS) is 14.3. The van der Waals surface area contributed by atoms with E-state index in [1.165, 1.54) is 0 Å². The first kappa shape index (κ1) is 21.9. The number of benzene rings is 2. The molecule has 2 amide bonds. The van der Waals surface area contributed by atoms with Gasteiger partial charge in [-0.2, -0.15) is 0 Å². The summed E-state index contributed by atoms with van der Waals surface area (Å²) in [6.07, 6.45) is 0. The number of para-hydroxylation sites is 2. The van der Waals surface area contributed by atoms with Gasteiger partial charge < -0.3 is 20.3 Å². The zero-order valence-corrected chi connectivity index (χ0v) is 18.0. The van der Waals surface area contributed by atoms with E-state index in [1.54, 1.807) is 32.2 Å². The maximum atomic E-state index is 12.1. The molecule has 0 aliphatic carbocycles. The second-order valence-electron chi connectivity index (χ2n) is 7.12. The zero-order chi connectivity index (χ0) is 21.5. The second-order valence-corrected chi connectivity index (χ2v) is 7.53. The van der Waals surface area contributed by atoms with E-state index < -0.39 is 11.8 Å². The average Bonchev–Trinajstić information content (AvgIpc) is 2.77. The lowest BCUT2D eigenvalue weighted by Gasteiger charge is -2.36. The van der Waals surface area contributed by atoms with Gasteiger partial charge in [-0.05, 0) is 36.8 Å². The Bertz CT molecular complexity index is 898. The number of nitrogens with one attached hydrogen (secondary N) is 2. The fourth-order valence-electron chi connectivity index (χ4n) is 3.43. The molecule has 1 fully saturated rings. The van der Waals surface area contributed by atoms with Crippen LogP contribution in [0, 0.1) is 6.92 Å². The topological polar surface area (TPSA) is 73.9 Å². The molecule has 1 aliphatic heterocycles. The van der Waals surface area contributed by atoms with Crippen molar-refractivity contribution in [3.8, 4) is 5.75 Å². The first-order valence-electron chi connectivity index (χ1n) is 9.94. The quantitative estimate of drug-likeness (QED) is 0.689. The first-order valence-corrected chi connectivity index (χ1v) is 10.3. The number of halogens is 1. The van der Waals surface area contributed by atoms with Gasteiger partial charge in [-0.15, -0.1) is 0 Å². The van der Waals surface area contributed by atoms with Crippen molar-refractivity contribution < 1.29 is 14.3 Å². The highest BCUT2D eigenvalue weighted by Crippen LogP contribution is 2.28. The molecule has 2 aromatic carbocycles. The number of carbonyl (C=O) groups is 2. The van der Waals surface area contributed by atoms with E-state index in [4.69, 9.17) is 16.3 Å². The average molecular weight is 431 g/mol. The summed E-state index contributed by atoms with van der Waals surface area (Å²) in [7, 11) is 1.68. The number of hydrogen-bond acceptors (Lipinski definition) is 5. The Morgan fingerprint density at radius 2 is 1.77 bits per heavy atom. The van der Waals surface area contributed by atoms with Crippen LogP contribution in [0.5, 0.6) is 5.75 Å². The van der Waals surface area contributed by atoms with Crippen molar-refractivity contribution in [2.24, 2.45) is 0 Å². The largest absolute Gasteiger partial charge is 0.495 e. The van der Waals surface area contributed by atoms with E-state index in [0.717, 1.165) is 43.2 Å². The summed E-state index contributed by atoms with van der Waals surface area (Å²) < 4.78 is 5.45. The van der Waals surface area contributed by atoms with Crippen LogP contribution in [0.3, 0.4) is 0 Å². The third-order valence-corrected chi connectivity index (χ3v) is 5.64. The van der Waals surface area contributed by atoms with Gasteiger partial charge in [-0.1, -0.05) is 29.8 Å². The van der Waals surface area contributed by atoms with E-state index in [2.05, 4.69) is 26.5 Å². The molecule has 30 heavy (non-hydrogen) atoms. The van der Waals surface area contributed by atoms with Crippen molar-refractivity contribution in [2.75, 3.05) is 56.6 Å². The molecule has 2 N–H and O–H groups in total. The number of hydrogen-bond donors (Lipinski definition) is 2. The van der Waals surface area contributed by atoms with Crippen LogP contribution in [-0.4, -0.2) is 63.1 Å². The lowest BCUT2D eigenvalue weighted by atomic mass is 10.2. The molecule has 0 bridgehead atoms. The Balaban J connectivity index is 1.41. The monoisotopic (exact) mass is 430 g/mol. The molecule has 160 valence electrons. The van der Waals surface area contributed by atoms with Crippen molar-refractivity contribution in [3.05, 3.63) is 53.1 Å². The van der Waals surface area contributed by atoms with Crippen molar-refractivity contribution in [1.29, 1.82) is 0 Å². The number of amides is 2. The van der Waals surface area contributed by atoms with E-state index in [1.807, 2.05) is 18.2 Å². The number of methoxy groups -OCH3 is 1. The minimum atomic E-state index is -0.693. The lowest BCUT2D eigenvalue weighted by Crippen LogP contribution is -2.49. The molecule has 7 nitrogen and oxygen atoms in total. The third-order valence-electron chi connectivity index (χ3n) is 5.23. The molecule has 1 saturated heterocycles. The predicted octanol–water partition coefficient (Wildman–Crippen LogP) is 2.53. The van der Waals surface area contributed by atoms with E-state index in [-0.39, 0.29) is 0 Å². The van der Waals surface area contributed by atoms with Crippen molar-refractivity contribution >= 4 is 34.8 Å². The number of ether oxygens (including phenoxy) is 1. The summed E-state index contributed by atoms with van der Waals surface area (Å²) >= 11 is 6.04. The van der Waals surface area contributed by atoms with E-state index >= 15 is 0 Å². The molecule has 8 heteroatoms. The van der Waals surface area contributed by atoms with Crippen LogP contribution in [0.2, 0.25) is 5.02 Å². The number of anilines is 2. The molecule has 2 aromatic rings. The van der Waals surface area contributed by atoms with E-state index in [0.29, 0.717) is 23.8 Å². The van der Waals surface area contributed by atoms with Crippen LogP contribution in [-0.2, 0) is 9.59 Å². The van der Waals surface area contributed by atoms with Gasteiger partial charge in [0.1, 0.15) is 5.75 Å². The van der Waals surface area contributed by atoms with Crippen LogP contribution < -0.4 is 20.3 Å². The van der Waals surface area contributed by atoms with Crippen LogP contribution in [0.15, 0.2) is 42.5 Å². The summed E-state index contributed by atoms with van der Waals surface area (Å²) in [6.45, 7) is 6.40. The van der Waals surface area contributed by atoms with E-state index in [9.17, 15) is 9.59 Å². The Kier molecular flexibility index (Phi) is 7.54. The van der Waals surface area contributed by atoms with Gasteiger partial charge in [0, 0.05) is 50.0 Å². The number of rotatable bonds is 6. The highest BCUT2D eigenvalue weighted by Gasteiger charge is 2.20. The summed E-state index contributed by atoms with van der Waals surface area (Å²) in [4.78, 5) is 28.8. The number of carbonyl (C=O) groups excluding carboxylic acids is 2. The zero-order valence-electron chi connectivity index (χ0n) is 17.3. The Hall–Kier alpha value is -2.77. The molecule has 3 rings (SSSR count). The van der Waals surface area contributed by atoms with Crippen molar-refractivity contribution in [1.82, 2.24) is 10.2 Å². The minimum Gasteiger partial charge on any atom is -0.495 e. The summed E-state index contributed by atoms with van der Waals surface area (Å²) in [5.74, 6) is -0.470. The summed E-state index contributed by atoms with van der Waals surface area (Å²) in [5.41, 5.74) is 2.37. The first-order chi connectivity index (χ1) is 14.5. The van der Waals surface area contributed by atoms with Crippen LogP contribution in [0.4, 0.5) is 11.4 Å². The number of piperazine rings is 1. The van der Waals surface area contributed by atoms with Crippen LogP contribution in [0.25, 0.3) is 0 Å². The molecule has 0 aromatic heterocycles. The summed E-state index contributed by atoms with van der Waals surface area (Å²) in [6, 6.07) is 13.2. The smallest absolute Gasteiger partial charge is 0.313 e. The third kappa shape index (κ3) is 5.43. The minimum absolute atomic E-state index is 0.412. The SMILES string of the molecule is COc1ccccc1N1CCN(CCNC(=O)C(=O)Nc2cccc(Cl)c2C)CC1. The molecule has 0 radical (unpaired) electrons. The van der Waals surface area contributed by atoms with Gasteiger partial charge in [0.05, 0.1) is 12.8 Å². The van der Waals surface area contributed by atoms with Gasteiger partial charge in [0.25, 0.3) is 0 Å². The molecule has 0 spiro atoms. The maximum absolute atomic E-state index is 12.1. The summed E-state index contributed by atoms with van der Waals surface area (Å²) in [5, 5.41) is 5.83. The molecule has 0 saturated carbocycles. The van der Waals surface area contributed by atoms with Gasteiger partial charge in [-0.25, -0.2) is 0 Å². The van der Waals surface area contributed by atoms with Gasteiger partial charge in [0.2, 0.25) is 0 Å². The molecular formula is C22H27ClN4O3. The predicted molar refractivity (Wildman–Crippen MR) is 119 cm³/mol. The number of nitrogens with zero attached hydrogens (tertiary/aromatic N) is 2. The van der Waals surface area contributed by atoms with Gasteiger partial charge >= 0.3 is 11.8 Å².